The van der Waals surface area contributed by atoms with E-state index in [4.69, 9.17) is 10.5 Å². The number of carbonyl (C=O) groups is 2. The van der Waals surface area contributed by atoms with E-state index < -0.39 is 12.1 Å². The molecule has 17 heavy (non-hydrogen) atoms. The second-order valence-electron chi connectivity index (χ2n) is 4.44. The number of fused-ring (bicyclic) bond motifs is 1. The van der Waals surface area contributed by atoms with Crippen LogP contribution in [0, 0.1) is 0 Å². The normalized spacial score (nSPS) is 33.9. The number of piperidine rings is 1. The van der Waals surface area contributed by atoms with Gasteiger partial charge in [-0.1, -0.05) is 0 Å². The zero-order valence-electron chi connectivity index (χ0n) is 9.93. The van der Waals surface area contributed by atoms with Gasteiger partial charge in [-0.2, -0.15) is 0 Å². The Hall–Kier alpha value is -0.750. The lowest BCUT2D eigenvalue weighted by Gasteiger charge is -2.39. The predicted octanol–water partition coefficient (Wildman–Crippen LogP) is 0.331. The minimum absolute atomic E-state index is 0.0916. The number of hydrogen-bond donors (Lipinski definition) is 1. The summed E-state index contributed by atoms with van der Waals surface area (Å²) in [7, 11) is 1.36. The van der Waals surface area contributed by atoms with Crippen molar-refractivity contribution in [2.75, 3.05) is 12.9 Å². The van der Waals surface area contributed by atoms with Gasteiger partial charge in [0, 0.05) is 0 Å². The molecule has 0 spiro atoms. The Bertz CT molecular complexity index is 324. The highest BCUT2D eigenvalue weighted by Crippen LogP contribution is 2.34. The minimum Gasteiger partial charge on any atom is -0.467 e. The van der Waals surface area contributed by atoms with Crippen molar-refractivity contribution in [2.24, 2.45) is 5.73 Å². The number of hydrogen-bond acceptors (Lipinski definition) is 5. The molecule has 6 heteroatoms. The third kappa shape index (κ3) is 2.42. The third-order valence-corrected chi connectivity index (χ3v) is 4.68. The van der Waals surface area contributed by atoms with Crippen LogP contribution in [0.2, 0.25) is 0 Å². The van der Waals surface area contributed by atoms with Crippen LogP contribution < -0.4 is 5.73 Å². The highest BCUT2D eigenvalue weighted by molar-refractivity contribution is 7.99. The molecule has 0 aliphatic carbocycles. The molecule has 2 saturated heterocycles. The first kappa shape index (κ1) is 12.7. The predicted molar refractivity (Wildman–Crippen MR) is 65.3 cm³/mol. The molecule has 2 fully saturated rings. The maximum Gasteiger partial charge on any atom is 0.328 e. The number of rotatable bonds is 1. The Morgan fingerprint density at radius 1 is 1.47 bits per heavy atom. The van der Waals surface area contributed by atoms with Gasteiger partial charge in [0.1, 0.15) is 6.04 Å². The maximum atomic E-state index is 12.2. The van der Waals surface area contributed by atoms with Crippen LogP contribution in [-0.2, 0) is 14.3 Å². The van der Waals surface area contributed by atoms with Crippen molar-refractivity contribution < 1.29 is 14.3 Å². The van der Waals surface area contributed by atoms with Crippen LogP contribution in [0.25, 0.3) is 0 Å². The van der Waals surface area contributed by atoms with E-state index in [1.807, 2.05) is 0 Å². The molecule has 3 atom stereocenters. The SMILES string of the molecule is COC(=O)C1CCCC2SCCC(N)C(=O)N21. The summed E-state index contributed by atoms with van der Waals surface area (Å²) in [5.41, 5.74) is 5.83. The average molecular weight is 258 g/mol. The number of carbonyl (C=O) groups excluding carboxylic acids is 2. The molecule has 2 aliphatic heterocycles. The number of nitrogens with zero attached hydrogens (tertiary/aromatic N) is 1. The molecule has 2 heterocycles. The highest BCUT2D eigenvalue weighted by atomic mass is 32.2. The second kappa shape index (κ2) is 5.27. The molecule has 0 aromatic carbocycles. The van der Waals surface area contributed by atoms with Crippen LogP contribution in [0.4, 0.5) is 0 Å². The van der Waals surface area contributed by atoms with Crippen molar-refractivity contribution in [3.05, 3.63) is 0 Å². The zero-order valence-corrected chi connectivity index (χ0v) is 10.7. The average Bonchev–Trinajstić information content (AvgIpc) is 2.49. The van der Waals surface area contributed by atoms with Gasteiger partial charge in [0.05, 0.1) is 18.5 Å². The first-order valence-electron chi connectivity index (χ1n) is 5.92. The van der Waals surface area contributed by atoms with Gasteiger partial charge in [-0.05, 0) is 31.4 Å². The molecule has 1 amide bonds. The minimum atomic E-state index is -0.474. The van der Waals surface area contributed by atoms with Crippen LogP contribution in [0.5, 0.6) is 0 Å². The molecule has 2 rings (SSSR count). The molecule has 5 nitrogen and oxygen atoms in total. The number of nitrogens with two attached hydrogens (primary N) is 1. The van der Waals surface area contributed by atoms with E-state index in [1.165, 1.54) is 7.11 Å². The van der Waals surface area contributed by atoms with Gasteiger partial charge >= 0.3 is 5.97 Å². The number of methoxy groups -OCH3 is 1. The monoisotopic (exact) mass is 258 g/mol. The lowest BCUT2D eigenvalue weighted by Crippen LogP contribution is -2.55. The van der Waals surface area contributed by atoms with Crippen molar-refractivity contribution in [3.63, 3.8) is 0 Å². The summed E-state index contributed by atoms with van der Waals surface area (Å²) < 4.78 is 4.78. The summed E-state index contributed by atoms with van der Waals surface area (Å²) in [4.78, 5) is 25.6. The molecule has 2 N–H and O–H groups in total. The van der Waals surface area contributed by atoms with Gasteiger partial charge in [0.25, 0.3) is 0 Å². The van der Waals surface area contributed by atoms with Gasteiger partial charge in [-0.3, -0.25) is 4.79 Å². The van der Waals surface area contributed by atoms with E-state index >= 15 is 0 Å². The highest BCUT2D eigenvalue weighted by Gasteiger charge is 2.42. The molecular weight excluding hydrogens is 240 g/mol. The van der Waals surface area contributed by atoms with Crippen molar-refractivity contribution in [3.8, 4) is 0 Å². The summed E-state index contributed by atoms with van der Waals surface area (Å²) in [5, 5.41) is 0.0916. The lowest BCUT2D eigenvalue weighted by molar-refractivity contribution is -0.155. The van der Waals surface area contributed by atoms with Crippen LogP contribution in [-0.4, -0.2) is 47.1 Å². The number of ether oxygens (including phenoxy) is 1. The van der Waals surface area contributed by atoms with Gasteiger partial charge < -0.3 is 15.4 Å². The van der Waals surface area contributed by atoms with Gasteiger partial charge in [-0.15, -0.1) is 11.8 Å². The molecular formula is C11H18N2O3S. The van der Waals surface area contributed by atoms with E-state index in [0.717, 1.165) is 18.6 Å². The molecule has 0 radical (unpaired) electrons. The number of esters is 1. The molecule has 0 saturated carbocycles. The molecule has 0 bridgehead atoms. The van der Waals surface area contributed by atoms with E-state index in [2.05, 4.69) is 0 Å². The third-order valence-electron chi connectivity index (χ3n) is 3.36. The van der Waals surface area contributed by atoms with Crippen LogP contribution in [0.1, 0.15) is 25.7 Å². The van der Waals surface area contributed by atoms with E-state index in [-0.39, 0.29) is 17.3 Å². The first-order chi connectivity index (χ1) is 8.15. The van der Waals surface area contributed by atoms with Gasteiger partial charge in [0.2, 0.25) is 5.91 Å². The maximum absolute atomic E-state index is 12.2. The summed E-state index contributed by atoms with van der Waals surface area (Å²) in [6.07, 6.45) is 3.26. The Morgan fingerprint density at radius 2 is 2.24 bits per heavy atom. The Morgan fingerprint density at radius 3 is 2.94 bits per heavy atom. The summed E-state index contributed by atoms with van der Waals surface area (Å²) in [6, 6.07) is -0.916. The standard InChI is InChI=1S/C11H18N2O3S/c1-16-11(15)8-3-2-4-9-13(8)10(14)7(12)5-6-17-9/h7-9H,2-6,12H2,1H3. The van der Waals surface area contributed by atoms with Crippen LogP contribution >= 0.6 is 11.8 Å². The Labute approximate surface area is 105 Å². The Kier molecular flexibility index (Phi) is 3.93. The first-order valence-corrected chi connectivity index (χ1v) is 6.97. The van der Waals surface area contributed by atoms with Crippen molar-refractivity contribution in [1.29, 1.82) is 0 Å². The molecule has 2 aliphatic rings. The van der Waals surface area contributed by atoms with Crippen LogP contribution in [0.3, 0.4) is 0 Å². The van der Waals surface area contributed by atoms with E-state index in [1.54, 1.807) is 16.7 Å². The number of amides is 1. The molecule has 0 aromatic rings. The van der Waals surface area contributed by atoms with E-state index in [9.17, 15) is 9.59 Å². The zero-order chi connectivity index (χ0) is 12.4. The fourth-order valence-corrected chi connectivity index (χ4v) is 3.84. The van der Waals surface area contributed by atoms with Crippen molar-refractivity contribution in [1.82, 2.24) is 4.90 Å². The fourth-order valence-electron chi connectivity index (χ4n) is 2.44. The largest absolute Gasteiger partial charge is 0.467 e. The number of thioether (sulfide) groups is 1. The Balaban J connectivity index is 2.23. The van der Waals surface area contributed by atoms with Crippen molar-refractivity contribution in [2.45, 2.75) is 43.1 Å². The van der Waals surface area contributed by atoms with Gasteiger partial charge in [-0.25, -0.2) is 4.79 Å². The quantitative estimate of drug-likeness (QED) is 0.686. The van der Waals surface area contributed by atoms with Crippen LogP contribution in [0.15, 0.2) is 0 Å². The fraction of sp³-hybridized carbons (Fsp3) is 0.818. The summed E-state index contributed by atoms with van der Waals surface area (Å²) in [5.74, 6) is 0.454. The van der Waals surface area contributed by atoms with Crippen molar-refractivity contribution >= 4 is 23.6 Å². The lowest BCUT2D eigenvalue weighted by atomic mass is 10.0. The van der Waals surface area contributed by atoms with E-state index in [0.29, 0.717) is 12.8 Å². The summed E-state index contributed by atoms with van der Waals surface area (Å²) >= 11 is 1.72. The molecule has 3 unspecified atom stereocenters. The second-order valence-corrected chi connectivity index (χ2v) is 5.72. The summed E-state index contributed by atoms with van der Waals surface area (Å²) in [6.45, 7) is 0. The molecule has 96 valence electrons. The molecule has 0 aromatic heterocycles. The topological polar surface area (TPSA) is 72.6 Å². The van der Waals surface area contributed by atoms with Gasteiger partial charge in [0.15, 0.2) is 0 Å². The smallest absolute Gasteiger partial charge is 0.328 e.